The molecule has 1 heterocycles. The molecule has 106 valence electrons. The Labute approximate surface area is 115 Å². The lowest BCUT2D eigenvalue weighted by Crippen LogP contribution is -2.26. The summed E-state index contributed by atoms with van der Waals surface area (Å²) in [6, 6.07) is 5.48. The lowest BCUT2D eigenvalue weighted by Gasteiger charge is -2.02. The number of nitrogens with two attached hydrogens (primary N) is 3. The quantitative estimate of drug-likeness (QED) is 0.445. The Bertz CT molecular complexity index is 655. The molecule has 0 bridgehead atoms. The van der Waals surface area contributed by atoms with E-state index < -0.39 is 0 Å². The smallest absolute Gasteiger partial charge is 0.223 e. The average Bonchev–Trinajstić information content (AvgIpc) is 2.77. The third-order valence-corrected chi connectivity index (χ3v) is 2.65. The van der Waals surface area contributed by atoms with E-state index in [-0.39, 0.29) is 18.5 Å². The molecule has 0 saturated carbocycles. The van der Waals surface area contributed by atoms with Crippen molar-refractivity contribution in [1.82, 2.24) is 9.55 Å². The maximum atomic E-state index is 8.85. The fourth-order valence-electron chi connectivity index (χ4n) is 1.83. The highest BCUT2D eigenvalue weighted by Gasteiger charge is 2.03. The Morgan fingerprint density at radius 1 is 1.30 bits per heavy atom. The van der Waals surface area contributed by atoms with Crippen LogP contribution in [0.4, 0.5) is 5.69 Å². The molecule has 20 heavy (non-hydrogen) atoms. The van der Waals surface area contributed by atoms with Gasteiger partial charge in [0.1, 0.15) is 0 Å². The zero-order chi connectivity index (χ0) is 14.5. The van der Waals surface area contributed by atoms with Crippen LogP contribution in [0, 0.1) is 0 Å². The highest BCUT2D eigenvalue weighted by atomic mass is 16.3. The highest BCUT2D eigenvalue weighted by molar-refractivity contribution is 5.94. The molecule has 0 unspecified atom stereocenters. The second-order valence-electron chi connectivity index (χ2n) is 4.19. The largest absolute Gasteiger partial charge is 0.396 e. The van der Waals surface area contributed by atoms with Crippen molar-refractivity contribution >= 4 is 28.6 Å². The van der Waals surface area contributed by atoms with E-state index in [2.05, 4.69) is 15.0 Å². The molecule has 0 amide bonds. The Hall–Kier alpha value is -2.61. The van der Waals surface area contributed by atoms with Crippen LogP contribution in [-0.2, 0) is 6.54 Å². The molecule has 7 N–H and O–H groups in total. The average molecular weight is 275 g/mol. The van der Waals surface area contributed by atoms with E-state index in [1.165, 1.54) is 0 Å². The van der Waals surface area contributed by atoms with Crippen LogP contribution >= 0.6 is 0 Å². The first-order valence-corrected chi connectivity index (χ1v) is 6.09. The summed E-state index contributed by atoms with van der Waals surface area (Å²) in [6.07, 6.45) is 2.41. The minimum absolute atomic E-state index is 0.0101. The molecular formula is C12H17N7O. The standard InChI is InChI=1S/C12H17N7O/c13-11(14)18-12(15)17-8-2-3-10-9(6-8)16-7-19(10)4-1-5-20/h2-3,6-7,20H,1,4-5H2,(H6,13,14,15,17,18). The van der Waals surface area contributed by atoms with E-state index in [9.17, 15) is 0 Å². The van der Waals surface area contributed by atoms with Crippen LogP contribution in [0.25, 0.3) is 11.0 Å². The minimum Gasteiger partial charge on any atom is -0.396 e. The topological polar surface area (TPSA) is 141 Å². The van der Waals surface area contributed by atoms with Crippen molar-refractivity contribution in [3.8, 4) is 0 Å². The van der Waals surface area contributed by atoms with Crippen LogP contribution in [0.5, 0.6) is 0 Å². The fourth-order valence-corrected chi connectivity index (χ4v) is 1.83. The van der Waals surface area contributed by atoms with E-state index in [1.807, 2.05) is 10.6 Å². The molecule has 1 aromatic carbocycles. The van der Waals surface area contributed by atoms with Crippen molar-refractivity contribution in [3.05, 3.63) is 24.5 Å². The predicted molar refractivity (Wildman–Crippen MR) is 78.5 cm³/mol. The van der Waals surface area contributed by atoms with Crippen LogP contribution in [0.15, 0.2) is 34.5 Å². The molecule has 0 aliphatic heterocycles. The lowest BCUT2D eigenvalue weighted by molar-refractivity contribution is 0.280. The van der Waals surface area contributed by atoms with Gasteiger partial charge in [0.25, 0.3) is 0 Å². The lowest BCUT2D eigenvalue weighted by atomic mass is 10.2. The van der Waals surface area contributed by atoms with E-state index in [1.54, 1.807) is 18.5 Å². The molecule has 0 spiro atoms. The van der Waals surface area contributed by atoms with Gasteiger partial charge in [0.2, 0.25) is 5.96 Å². The summed E-state index contributed by atoms with van der Waals surface area (Å²) in [6.45, 7) is 0.864. The second kappa shape index (κ2) is 6.02. The third kappa shape index (κ3) is 3.23. The second-order valence-corrected chi connectivity index (χ2v) is 4.19. The van der Waals surface area contributed by atoms with Crippen LogP contribution in [-0.4, -0.2) is 33.2 Å². The Balaban J connectivity index is 2.29. The zero-order valence-corrected chi connectivity index (χ0v) is 10.9. The van der Waals surface area contributed by atoms with Gasteiger partial charge in [-0.15, -0.1) is 0 Å². The summed E-state index contributed by atoms with van der Waals surface area (Å²) in [5.41, 5.74) is 18.4. The summed E-state index contributed by atoms with van der Waals surface area (Å²) >= 11 is 0. The van der Waals surface area contributed by atoms with E-state index in [0.29, 0.717) is 18.7 Å². The van der Waals surface area contributed by atoms with Crippen LogP contribution in [0.2, 0.25) is 0 Å². The molecule has 0 aliphatic carbocycles. The number of aryl methyl sites for hydroxylation is 1. The van der Waals surface area contributed by atoms with Gasteiger partial charge < -0.3 is 26.9 Å². The van der Waals surface area contributed by atoms with Crippen LogP contribution in [0.3, 0.4) is 0 Å². The number of aliphatic imine (C=N–C) groups is 2. The first-order chi connectivity index (χ1) is 9.60. The predicted octanol–water partition coefficient (Wildman–Crippen LogP) is -0.362. The van der Waals surface area contributed by atoms with Gasteiger partial charge in [0, 0.05) is 13.2 Å². The first kappa shape index (κ1) is 13.8. The van der Waals surface area contributed by atoms with E-state index in [4.69, 9.17) is 22.3 Å². The number of hydrogen-bond acceptors (Lipinski definition) is 3. The number of benzene rings is 1. The Kier molecular flexibility index (Phi) is 4.16. The number of guanidine groups is 2. The summed E-state index contributed by atoms with van der Waals surface area (Å²) in [7, 11) is 0. The maximum Gasteiger partial charge on any atom is 0.223 e. The number of fused-ring (bicyclic) bond motifs is 1. The van der Waals surface area contributed by atoms with Gasteiger partial charge in [0.05, 0.1) is 23.0 Å². The van der Waals surface area contributed by atoms with Crippen LogP contribution in [0.1, 0.15) is 6.42 Å². The van der Waals surface area contributed by atoms with Crippen molar-refractivity contribution < 1.29 is 5.11 Å². The van der Waals surface area contributed by atoms with Gasteiger partial charge in [0.15, 0.2) is 5.96 Å². The molecule has 8 nitrogen and oxygen atoms in total. The Morgan fingerprint density at radius 3 is 2.80 bits per heavy atom. The van der Waals surface area contributed by atoms with Crippen molar-refractivity contribution in [2.75, 3.05) is 6.61 Å². The number of aliphatic hydroxyl groups is 1. The van der Waals surface area contributed by atoms with Gasteiger partial charge in [-0.2, -0.15) is 4.99 Å². The van der Waals surface area contributed by atoms with Gasteiger partial charge in [-0.25, -0.2) is 9.98 Å². The number of aliphatic hydroxyl groups excluding tert-OH is 1. The van der Waals surface area contributed by atoms with Crippen molar-refractivity contribution in [2.45, 2.75) is 13.0 Å². The van der Waals surface area contributed by atoms with E-state index >= 15 is 0 Å². The molecule has 8 heteroatoms. The summed E-state index contributed by atoms with van der Waals surface area (Å²) < 4.78 is 1.97. The molecule has 0 radical (unpaired) electrons. The molecule has 0 aliphatic rings. The van der Waals surface area contributed by atoms with Crippen molar-refractivity contribution in [2.24, 2.45) is 27.2 Å². The zero-order valence-electron chi connectivity index (χ0n) is 10.9. The minimum atomic E-state index is -0.138. The fraction of sp³-hybridized carbons (Fsp3) is 0.250. The van der Waals surface area contributed by atoms with E-state index in [0.717, 1.165) is 11.0 Å². The molecule has 0 atom stereocenters. The molecule has 0 saturated heterocycles. The van der Waals surface area contributed by atoms with Gasteiger partial charge in [-0.3, -0.25) is 0 Å². The summed E-state index contributed by atoms with van der Waals surface area (Å²) in [5, 5.41) is 8.85. The molecule has 0 fully saturated rings. The Morgan fingerprint density at radius 2 is 2.10 bits per heavy atom. The van der Waals surface area contributed by atoms with Crippen LogP contribution < -0.4 is 17.2 Å². The maximum absolute atomic E-state index is 8.85. The number of imidazole rings is 1. The SMILES string of the molecule is NC(N)=NC(N)=Nc1ccc2c(c1)ncn2CCCO. The third-order valence-electron chi connectivity index (χ3n) is 2.65. The summed E-state index contributed by atoms with van der Waals surface area (Å²) in [5.74, 6) is -0.148. The monoisotopic (exact) mass is 275 g/mol. The molecule has 2 rings (SSSR count). The number of rotatable bonds is 4. The molecule has 1 aromatic heterocycles. The number of aromatic nitrogens is 2. The van der Waals surface area contributed by atoms with Crippen molar-refractivity contribution in [3.63, 3.8) is 0 Å². The van der Waals surface area contributed by atoms with Gasteiger partial charge >= 0.3 is 0 Å². The molecule has 2 aromatic rings. The van der Waals surface area contributed by atoms with Crippen molar-refractivity contribution in [1.29, 1.82) is 0 Å². The highest BCUT2D eigenvalue weighted by Crippen LogP contribution is 2.20. The van der Waals surface area contributed by atoms with Gasteiger partial charge in [-0.05, 0) is 24.6 Å². The number of hydrogen-bond donors (Lipinski definition) is 4. The normalized spacial score (nSPS) is 11.8. The molecular weight excluding hydrogens is 258 g/mol. The summed E-state index contributed by atoms with van der Waals surface area (Å²) in [4.78, 5) is 12.0. The number of nitrogens with zero attached hydrogens (tertiary/aromatic N) is 4. The van der Waals surface area contributed by atoms with Gasteiger partial charge in [-0.1, -0.05) is 0 Å². The first-order valence-electron chi connectivity index (χ1n) is 6.09.